The highest BCUT2D eigenvalue weighted by atomic mass is 16.5. The minimum Gasteiger partial charge on any atom is -0.494 e. The molecule has 0 aliphatic carbocycles. The van der Waals surface area contributed by atoms with E-state index in [2.05, 4.69) is 60.2 Å². The lowest BCUT2D eigenvalue weighted by Crippen LogP contribution is -2.21. The van der Waals surface area contributed by atoms with Gasteiger partial charge in [-0.1, -0.05) is 54.6 Å². The lowest BCUT2D eigenvalue weighted by Gasteiger charge is -2.23. The molecule has 24 heavy (non-hydrogen) atoms. The van der Waals surface area contributed by atoms with Crippen molar-refractivity contribution < 1.29 is 4.74 Å². The van der Waals surface area contributed by atoms with Crippen LogP contribution in [0.25, 0.3) is 10.9 Å². The number of allylic oxidation sites excluding steroid dienone is 1. The van der Waals surface area contributed by atoms with Crippen molar-refractivity contribution in [2.75, 3.05) is 7.11 Å². The third-order valence-electron chi connectivity index (χ3n) is 4.08. The van der Waals surface area contributed by atoms with E-state index in [4.69, 9.17) is 4.74 Å². The van der Waals surface area contributed by atoms with Crippen LogP contribution in [0.4, 0.5) is 0 Å². The van der Waals surface area contributed by atoms with Crippen molar-refractivity contribution in [3.63, 3.8) is 0 Å². The SMILES string of the molecule is C=C(C)NC(c1ccc(C)cc1)c1ccc2cccnc2c1OC. The first-order chi connectivity index (χ1) is 11.6. The van der Waals surface area contributed by atoms with E-state index in [1.54, 1.807) is 13.3 Å². The molecule has 1 unspecified atom stereocenters. The van der Waals surface area contributed by atoms with E-state index in [0.29, 0.717) is 0 Å². The van der Waals surface area contributed by atoms with Crippen LogP contribution < -0.4 is 10.1 Å². The molecule has 0 spiro atoms. The lowest BCUT2D eigenvalue weighted by molar-refractivity contribution is 0.410. The number of pyridine rings is 1. The summed E-state index contributed by atoms with van der Waals surface area (Å²) in [5.74, 6) is 0.799. The van der Waals surface area contributed by atoms with E-state index < -0.39 is 0 Å². The fraction of sp³-hybridized carbons (Fsp3) is 0.190. The van der Waals surface area contributed by atoms with E-state index in [1.165, 1.54) is 5.56 Å². The van der Waals surface area contributed by atoms with Crippen molar-refractivity contribution in [2.45, 2.75) is 19.9 Å². The summed E-state index contributed by atoms with van der Waals surface area (Å²) in [4.78, 5) is 4.51. The Labute approximate surface area is 143 Å². The molecule has 3 rings (SSSR count). The first-order valence-corrected chi connectivity index (χ1v) is 8.00. The standard InChI is InChI=1S/C21H22N2O/c1-14(2)23-19(17-9-7-15(3)8-10-17)18-12-11-16-6-5-13-22-20(16)21(18)24-4/h5-13,19,23H,1H2,2-4H3. The van der Waals surface area contributed by atoms with Crippen molar-refractivity contribution in [3.05, 3.63) is 83.7 Å². The van der Waals surface area contributed by atoms with Crippen LogP contribution in [0.15, 0.2) is 67.0 Å². The second kappa shape index (κ2) is 6.75. The zero-order chi connectivity index (χ0) is 17.1. The minimum atomic E-state index is -0.0375. The zero-order valence-corrected chi connectivity index (χ0v) is 14.3. The summed E-state index contributed by atoms with van der Waals surface area (Å²) in [6, 6.07) is 16.6. The van der Waals surface area contributed by atoms with Gasteiger partial charge in [0.1, 0.15) is 5.52 Å². The Morgan fingerprint density at radius 2 is 1.88 bits per heavy atom. The van der Waals surface area contributed by atoms with Gasteiger partial charge in [-0.05, 0) is 25.5 Å². The summed E-state index contributed by atoms with van der Waals surface area (Å²) < 4.78 is 5.73. The number of hydrogen-bond donors (Lipinski definition) is 1. The van der Waals surface area contributed by atoms with Crippen LogP contribution in [0.5, 0.6) is 5.75 Å². The van der Waals surface area contributed by atoms with E-state index >= 15 is 0 Å². The van der Waals surface area contributed by atoms with Crippen LogP contribution in [0.3, 0.4) is 0 Å². The zero-order valence-electron chi connectivity index (χ0n) is 14.3. The van der Waals surface area contributed by atoms with Crippen molar-refractivity contribution in [3.8, 4) is 5.75 Å². The monoisotopic (exact) mass is 318 g/mol. The molecule has 0 amide bonds. The van der Waals surface area contributed by atoms with E-state index in [1.807, 2.05) is 19.1 Å². The van der Waals surface area contributed by atoms with Crippen LogP contribution in [0.2, 0.25) is 0 Å². The van der Waals surface area contributed by atoms with E-state index in [9.17, 15) is 0 Å². The van der Waals surface area contributed by atoms with Gasteiger partial charge in [-0.25, -0.2) is 0 Å². The Morgan fingerprint density at radius 3 is 2.54 bits per heavy atom. The highest BCUT2D eigenvalue weighted by Crippen LogP contribution is 2.35. The molecular formula is C21H22N2O. The maximum atomic E-state index is 5.73. The number of nitrogens with zero attached hydrogens (tertiary/aromatic N) is 1. The van der Waals surface area contributed by atoms with Gasteiger partial charge in [0.15, 0.2) is 5.75 Å². The molecule has 0 saturated heterocycles. The van der Waals surface area contributed by atoms with Crippen molar-refractivity contribution in [2.24, 2.45) is 0 Å². The number of aryl methyl sites for hydroxylation is 1. The molecule has 3 nitrogen and oxygen atoms in total. The van der Waals surface area contributed by atoms with Gasteiger partial charge in [-0.15, -0.1) is 0 Å². The summed E-state index contributed by atoms with van der Waals surface area (Å²) in [5.41, 5.74) is 5.23. The van der Waals surface area contributed by atoms with Crippen LogP contribution in [0, 0.1) is 6.92 Å². The fourth-order valence-electron chi connectivity index (χ4n) is 2.92. The fourth-order valence-corrected chi connectivity index (χ4v) is 2.92. The second-order valence-electron chi connectivity index (χ2n) is 6.03. The third kappa shape index (κ3) is 3.11. The molecule has 0 aliphatic heterocycles. The molecule has 122 valence electrons. The first-order valence-electron chi connectivity index (χ1n) is 8.00. The van der Waals surface area contributed by atoms with Crippen LogP contribution in [0.1, 0.15) is 29.7 Å². The molecular weight excluding hydrogens is 296 g/mol. The maximum Gasteiger partial charge on any atom is 0.150 e. The Hall–Kier alpha value is -2.81. The Morgan fingerprint density at radius 1 is 1.12 bits per heavy atom. The maximum absolute atomic E-state index is 5.73. The topological polar surface area (TPSA) is 34.2 Å². The first kappa shape index (κ1) is 16.1. The number of methoxy groups -OCH3 is 1. The molecule has 3 heteroatoms. The van der Waals surface area contributed by atoms with Gasteiger partial charge in [0.25, 0.3) is 0 Å². The van der Waals surface area contributed by atoms with Gasteiger partial charge in [0.2, 0.25) is 0 Å². The van der Waals surface area contributed by atoms with Gasteiger partial charge >= 0.3 is 0 Å². The summed E-state index contributed by atoms with van der Waals surface area (Å²) >= 11 is 0. The molecule has 1 N–H and O–H groups in total. The Bertz CT molecular complexity index is 869. The van der Waals surface area contributed by atoms with E-state index in [-0.39, 0.29) is 6.04 Å². The Balaban J connectivity index is 2.18. The van der Waals surface area contributed by atoms with Crippen LogP contribution in [-0.4, -0.2) is 12.1 Å². The molecule has 3 aromatic rings. The molecule has 1 aromatic heterocycles. The van der Waals surface area contributed by atoms with Crippen molar-refractivity contribution in [1.82, 2.24) is 10.3 Å². The molecule has 0 fully saturated rings. The molecule has 1 atom stereocenters. The van der Waals surface area contributed by atoms with Gasteiger partial charge in [0, 0.05) is 22.8 Å². The number of benzene rings is 2. The van der Waals surface area contributed by atoms with E-state index in [0.717, 1.165) is 33.5 Å². The van der Waals surface area contributed by atoms with Crippen molar-refractivity contribution >= 4 is 10.9 Å². The minimum absolute atomic E-state index is 0.0375. The predicted octanol–water partition coefficient (Wildman–Crippen LogP) is 4.76. The number of rotatable bonds is 5. The lowest BCUT2D eigenvalue weighted by atomic mass is 9.95. The number of aromatic nitrogens is 1. The quantitative estimate of drug-likeness (QED) is 0.736. The van der Waals surface area contributed by atoms with Crippen molar-refractivity contribution in [1.29, 1.82) is 0 Å². The smallest absolute Gasteiger partial charge is 0.150 e. The average Bonchev–Trinajstić information content (AvgIpc) is 2.59. The molecule has 2 aromatic carbocycles. The third-order valence-corrected chi connectivity index (χ3v) is 4.08. The van der Waals surface area contributed by atoms with Crippen LogP contribution in [-0.2, 0) is 0 Å². The highest BCUT2D eigenvalue weighted by Gasteiger charge is 2.20. The van der Waals surface area contributed by atoms with Gasteiger partial charge in [-0.2, -0.15) is 0 Å². The average molecular weight is 318 g/mol. The number of ether oxygens (including phenoxy) is 1. The second-order valence-corrected chi connectivity index (χ2v) is 6.03. The summed E-state index contributed by atoms with van der Waals surface area (Å²) in [7, 11) is 1.69. The Kier molecular flexibility index (Phi) is 4.52. The number of nitrogens with one attached hydrogen (secondary N) is 1. The number of fused-ring (bicyclic) bond motifs is 1. The van der Waals surface area contributed by atoms with Gasteiger partial charge in [-0.3, -0.25) is 4.98 Å². The molecule has 0 bridgehead atoms. The van der Waals surface area contributed by atoms with Crippen LogP contribution >= 0.6 is 0 Å². The summed E-state index contributed by atoms with van der Waals surface area (Å²) in [5, 5.41) is 4.53. The van der Waals surface area contributed by atoms with Gasteiger partial charge in [0.05, 0.1) is 13.2 Å². The summed E-state index contributed by atoms with van der Waals surface area (Å²) in [6.07, 6.45) is 1.79. The predicted molar refractivity (Wildman–Crippen MR) is 99.3 cm³/mol. The molecule has 0 saturated carbocycles. The number of hydrogen-bond acceptors (Lipinski definition) is 3. The molecule has 0 aliphatic rings. The normalized spacial score (nSPS) is 12.0. The van der Waals surface area contributed by atoms with Gasteiger partial charge < -0.3 is 10.1 Å². The largest absolute Gasteiger partial charge is 0.494 e. The molecule has 0 radical (unpaired) electrons. The summed E-state index contributed by atoms with van der Waals surface area (Å²) in [6.45, 7) is 8.07. The molecule has 1 heterocycles. The highest BCUT2D eigenvalue weighted by molar-refractivity contribution is 5.86.